The van der Waals surface area contributed by atoms with Crippen LogP contribution in [0.1, 0.15) is 90.2 Å². The van der Waals surface area contributed by atoms with E-state index in [4.69, 9.17) is 23.7 Å². The van der Waals surface area contributed by atoms with Crippen molar-refractivity contribution in [2.45, 2.75) is 110 Å². The first-order valence-electron chi connectivity index (χ1n) is 13.4. The van der Waals surface area contributed by atoms with E-state index in [1.165, 1.54) is 0 Å². The third-order valence-corrected chi connectivity index (χ3v) is 6.15. The smallest absolute Gasteiger partial charge is 0.227 e. The molecule has 7 nitrogen and oxygen atoms in total. The van der Waals surface area contributed by atoms with Crippen LogP contribution in [-0.2, 0) is 24.7 Å². The zero-order chi connectivity index (χ0) is 25.7. The average molecular weight is 500 g/mol. The van der Waals surface area contributed by atoms with Crippen LogP contribution in [0.5, 0.6) is 5.88 Å². The molecule has 1 fully saturated rings. The molecule has 0 aromatic carbocycles. The number of aryl methyl sites for hydroxylation is 1. The summed E-state index contributed by atoms with van der Waals surface area (Å²) in [7, 11) is 0. The first kappa shape index (κ1) is 29.9. The standard InChI is InChI=1S/C27H46FNO6/c1-6-10-14-31-19-22-23(32-15-11-7-2)24(33-16-12-8-3)27(30,35-22)21-18-20(5)26(29-25(21)28)34-17-13-9-4/h18,22-24,30H,6-17,19H2,1-5H3/t22-,23+,24?,27?/m1/s1. The quantitative estimate of drug-likeness (QED) is 0.213. The normalized spacial score (nSPS) is 24.3. The number of aliphatic hydroxyl groups is 1. The number of rotatable bonds is 18. The summed E-state index contributed by atoms with van der Waals surface area (Å²) in [6.45, 7) is 12.2. The van der Waals surface area contributed by atoms with Gasteiger partial charge in [0.15, 0.2) is 0 Å². The second-order valence-corrected chi connectivity index (χ2v) is 9.27. The fraction of sp³-hybridized carbons (Fsp3) is 0.815. The first-order chi connectivity index (χ1) is 16.9. The largest absolute Gasteiger partial charge is 0.477 e. The molecule has 0 aliphatic carbocycles. The van der Waals surface area contributed by atoms with Gasteiger partial charge in [0.25, 0.3) is 0 Å². The number of unbranched alkanes of at least 4 members (excludes halogenated alkanes) is 4. The summed E-state index contributed by atoms with van der Waals surface area (Å²) in [6.07, 6.45) is 5.16. The van der Waals surface area contributed by atoms with Crippen molar-refractivity contribution in [2.75, 3.05) is 33.0 Å². The van der Waals surface area contributed by atoms with Crippen LogP contribution in [0, 0.1) is 12.9 Å². The molecule has 2 unspecified atom stereocenters. The fourth-order valence-corrected chi connectivity index (χ4v) is 3.98. The molecule has 35 heavy (non-hydrogen) atoms. The number of hydrogen-bond donors (Lipinski definition) is 1. The minimum absolute atomic E-state index is 0.0699. The number of ether oxygens (including phenoxy) is 5. The Balaban J connectivity index is 2.37. The Kier molecular flexibility index (Phi) is 13.4. The fourth-order valence-electron chi connectivity index (χ4n) is 3.98. The van der Waals surface area contributed by atoms with E-state index >= 15 is 4.39 Å². The second kappa shape index (κ2) is 15.7. The van der Waals surface area contributed by atoms with Gasteiger partial charge in [0.2, 0.25) is 17.6 Å². The summed E-state index contributed by atoms with van der Waals surface area (Å²) >= 11 is 0. The lowest BCUT2D eigenvalue weighted by Gasteiger charge is -2.31. The van der Waals surface area contributed by atoms with Gasteiger partial charge < -0.3 is 28.8 Å². The van der Waals surface area contributed by atoms with Gasteiger partial charge in [-0.25, -0.2) is 0 Å². The highest BCUT2D eigenvalue weighted by Gasteiger charge is 2.58. The molecule has 0 saturated carbocycles. The lowest BCUT2D eigenvalue weighted by atomic mass is 9.97. The molecule has 0 bridgehead atoms. The maximum absolute atomic E-state index is 15.4. The molecule has 0 radical (unpaired) electrons. The van der Waals surface area contributed by atoms with E-state index in [0.717, 1.165) is 51.4 Å². The highest BCUT2D eigenvalue weighted by atomic mass is 19.1. The van der Waals surface area contributed by atoms with Gasteiger partial charge in [-0.3, -0.25) is 0 Å². The molecule has 8 heteroatoms. The van der Waals surface area contributed by atoms with E-state index in [2.05, 4.69) is 32.7 Å². The summed E-state index contributed by atoms with van der Waals surface area (Å²) in [5.74, 6) is -2.68. The van der Waals surface area contributed by atoms with E-state index in [-0.39, 0.29) is 18.1 Å². The molecule has 2 rings (SSSR count). The zero-order valence-corrected chi connectivity index (χ0v) is 22.3. The van der Waals surface area contributed by atoms with Crippen molar-refractivity contribution in [3.8, 4) is 5.88 Å². The maximum atomic E-state index is 15.4. The predicted molar refractivity (Wildman–Crippen MR) is 133 cm³/mol. The number of nitrogens with zero attached hydrogens (tertiary/aromatic N) is 1. The van der Waals surface area contributed by atoms with Crippen LogP contribution in [0.4, 0.5) is 4.39 Å². The van der Waals surface area contributed by atoms with E-state index < -0.39 is 30.0 Å². The Labute approximate surface area is 210 Å². The van der Waals surface area contributed by atoms with E-state index in [9.17, 15) is 5.11 Å². The number of halogens is 1. The van der Waals surface area contributed by atoms with E-state index in [1.807, 2.05) is 0 Å². The molecule has 202 valence electrons. The van der Waals surface area contributed by atoms with Crippen molar-refractivity contribution < 1.29 is 33.2 Å². The minimum atomic E-state index is -2.06. The summed E-state index contributed by atoms with van der Waals surface area (Å²) in [5.41, 5.74) is 0.549. The van der Waals surface area contributed by atoms with Gasteiger partial charge in [-0.1, -0.05) is 53.4 Å². The summed E-state index contributed by atoms with van der Waals surface area (Å²) < 4.78 is 45.3. The molecule has 1 saturated heterocycles. The molecular formula is C27H46FNO6. The van der Waals surface area contributed by atoms with E-state index in [1.54, 1.807) is 13.0 Å². The van der Waals surface area contributed by atoms with Crippen LogP contribution in [0.15, 0.2) is 6.07 Å². The molecule has 1 aromatic heterocycles. The van der Waals surface area contributed by atoms with Crippen molar-refractivity contribution in [3.63, 3.8) is 0 Å². The van der Waals surface area contributed by atoms with Crippen LogP contribution < -0.4 is 4.74 Å². The summed E-state index contributed by atoms with van der Waals surface area (Å²) in [5, 5.41) is 11.8. The Morgan fingerprint density at radius 2 is 1.54 bits per heavy atom. The molecule has 4 atom stereocenters. The second-order valence-electron chi connectivity index (χ2n) is 9.27. The predicted octanol–water partition coefficient (Wildman–Crippen LogP) is 5.44. The van der Waals surface area contributed by atoms with Crippen molar-refractivity contribution in [3.05, 3.63) is 23.1 Å². The monoisotopic (exact) mass is 499 g/mol. The summed E-state index contributed by atoms with van der Waals surface area (Å²) in [6, 6.07) is 1.54. The van der Waals surface area contributed by atoms with Crippen LogP contribution in [-0.4, -0.2) is 61.4 Å². The van der Waals surface area contributed by atoms with Gasteiger partial charge in [-0.15, -0.1) is 0 Å². The van der Waals surface area contributed by atoms with Crippen LogP contribution in [0.25, 0.3) is 0 Å². The third-order valence-electron chi connectivity index (χ3n) is 6.15. The Morgan fingerprint density at radius 3 is 2.20 bits per heavy atom. The molecule has 0 spiro atoms. The van der Waals surface area contributed by atoms with Crippen molar-refractivity contribution in [2.24, 2.45) is 0 Å². The molecule has 1 aromatic rings. The van der Waals surface area contributed by atoms with E-state index in [0.29, 0.717) is 32.0 Å². The average Bonchev–Trinajstić information content (AvgIpc) is 3.10. The Morgan fingerprint density at radius 1 is 0.943 bits per heavy atom. The van der Waals surface area contributed by atoms with Crippen LogP contribution in [0.2, 0.25) is 0 Å². The first-order valence-corrected chi connectivity index (χ1v) is 13.4. The topological polar surface area (TPSA) is 79.3 Å². The molecule has 0 amide bonds. The molecule has 1 aliphatic heterocycles. The number of pyridine rings is 1. The van der Waals surface area contributed by atoms with Gasteiger partial charge in [0.1, 0.15) is 18.3 Å². The van der Waals surface area contributed by atoms with Crippen LogP contribution >= 0.6 is 0 Å². The highest BCUT2D eigenvalue weighted by molar-refractivity contribution is 5.33. The Hall–Kier alpha value is -1.32. The zero-order valence-electron chi connectivity index (χ0n) is 22.3. The highest BCUT2D eigenvalue weighted by Crippen LogP contribution is 2.43. The third kappa shape index (κ3) is 8.35. The van der Waals surface area contributed by atoms with Gasteiger partial charge in [0.05, 0.1) is 18.8 Å². The van der Waals surface area contributed by atoms with Crippen molar-refractivity contribution in [1.29, 1.82) is 0 Å². The van der Waals surface area contributed by atoms with Gasteiger partial charge in [-0.05, 0) is 38.7 Å². The summed E-state index contributed by atoms with van der Waals surface area (Å²) in [4.78, 5) is 4.02. The molecule has 1 aliphatic rings. The van der Waals surface area contributed by atoms with Gasteiger partial charge in [-0.2, -0.15) is 9.37 Å². The number of aromatic nitrogens is 1. The number of hydrogen-bond acceptors (Lipinski definition) is 7. The lowest BCUT2D eigenvalue weighted by Crippen LogP contribution is -2.45. The maximum Gasteiger partial charge on any atom is 0.227 e. The molecular weight excluding hydrogens is 453 g/mol. The molecule has 2 heterocycles. The SMILES string of the molecule is CCCCOC[C@H]1OC(O)(c2cc(C)c(OCCCC)nc2F)C(OCCCC)[C@H]1OCCCC. The van der Waals surface area contributed by atoms with Crippen molar-refractivity contribution >= 4 is 0 Å². The van der Waals surface area contributed by atoms with Crippen LogP contribution in [0.3, 0.4) is 0 Å². The van der Waals surface area contributed by atoms with Gasteiger partial charge in [0, 0.05) is 25.4 Å². The molecule has 1 N–H and O–H groups in total. The van der Waals surface area contributed by atoms with Gasteiger partial charge >= 0.3 is 0 Å². The Bertz CT molecular complexity index is 736. The lowest BCUT2D eigenvalue weighted by molar-refractivity contribution is -0.252. The minimum Gasteiger partial charge on any atom is -0.477 e. The van der Waals surface area contributed by atoms with Crippen molar-refractivity contribution in [1.82, 2.24) is 4.98 Å².